The number of hydrogen-bond acceptors (Lipinski definition) is 4. The number of thiazole rings is 1. The minimum atomic E-state index is -4.54. The average Bonchev–Trinajstić information content (AvgIpc) is 3.12. The Balaban J connectivity index is 1.39. The Hall–Kier alpha value is -2.33. The fourth-order valence-electron chi connectivity index (χ4n) is 2.72. The summed E-state index contributed by atoms with van der Waals surface area (Å²) in [4.78, 5) is 5.61. The number of alkyl halides is 3. The van der Waals surface area contributed by atoms with Crippen LogP contribution in [0, 0.1) is 0 Å². The molecule has 31 heavy (non-hydrogen) atoms. The topological polar surface area (TPSA) is 37.0 Å². The summed E-state index contributed by atoms with van der Waals surface area (Å²) in [6.45, 7) is 0. The zero-order valence-electron chi connectivity index (χ0n) is 15.5. The number of para-hydroxylation sites is 1. The molecular formula is C21H13ClF3N3S3. The first-order chi connectivity index (χ1) is 14.8. The first-order valence-corrected chi connectivity index (χ1v) is 11.3. The molecule has 1 aromatic heterocycles. The summed E-state index contributed by atoms with van der Waals surface area (Å²) in [5, 5.41) is 5.51. The van der Waals surface area contributed by atoms with E-state index in [-0.39, 0.29) is 15.8 Å². The van der Waals surface area contributed by atoms with Gasteiger partial charge in [-0.2, -0.15) is 13.2 Å². The summed E-state index contributed by atoms with van der Waals surface area (Å²) in [6.07, 6.45) is -4.54. The second-order valence-electron chi connectivity index (χ2n) is 6.35. The monoisotopic (exact) mass is 495 g/mol. The predicted octanol–water partition coefficient (Wildman–Crippen LogP) is 7.93. The van der Waals surface area contributed by atoms with Crippen molar-refractivity contribution < 1.29 is 13.2 Å². The van der Waals surface area contributed by atoms with E-state index < -0.39 is 11.7 Å². The molecule has 0 bridgehead atoms. The maximum absolute atomic E-state index is 13.0. The molecule has 4 aromatic rings. The van der Waals surface area contributed by atoms with Crippen molar-refractivity contribution in [2.75, 3.05) is 10.6 Å². The van der Waals surface area contributed by atoms with Gasteiger partial charge < -0.3 is 10.6 Å². The minimum absolute atomic E-state index is 0.169. The van der Waals surface area contributed by atoms with Gasteiger partial charge in [0.2, 0.25) is 0 Å². The summed E-state index contributed by atoms with van der Waals surface area (Å²) < 4.78 is 41.1. The molecule has 0 aliphatic carbocycles. The van der Waals surface area contributed by atoms with E-state index >= 15 is 0 Å². The Bertz CT molecular complexity index is 1210. The van der Waals surface area contributed by atoms with E-state index in [1.165, 1.54) is 12.1 Å². The van der Waals surface area contributed by atoms with Crippen LogP contribution in [-0.4, -0.2) is 10.1 Å². The number of nitrogens with one attached hydrogen (secondary N) is 2. The summed E-state index contributed by atoms with van der Waals surface area (Å²) in [5.74, 6) is 0. The predicted molar refractivity (Wildman–Crippen MR) is 126 cm³/mol. The molecule has 4 rings (SSSR count). The summed E-state index contributed by atoms with van der Waals surface area (Å²) >= 11 is 14.0. The van der Waals surface area contributed by atoms with Crippen molar-refractivity contribution in [1.82, 2.24) is 4.98 Å². The van der Waals surface area contributed by atoms with Crippen LogP contribution in [0.5, 0.6) is 0 Å². The third kappa shape index (κ3) is 5.48. The lowest BCUT2D eigenvalue weighted by atomic mass is 10.2. The van der Waals surface area contributed by atoms with E-state index in [9.17, 15) is 13.2 Å². The Morgan fingerprint density at radius 2 is 1.65 bits per heavy atom. The molecule has 3 aromatic carbocycles. The molecule has 2 N–H and O–H groups in total. The highest BCUT2D eigenvalue weighted by Crippen LogP contribution is 2.36. The van der Waals surface area contributed by atoms with Gasteiger partial charge >= 0.3 is 6.18 Å². The molecule has 3 nitrogen and oxygen atoms in total. The molecule has 0 aliphatic rings. The van der Waals surface area contributed by atoms with Gasteiger partial charge in [-0.15, -0.1) is 11.3 Å². The van der Waals surface area contributed by atoms with Gasteiger partial charge in [0.25, 0.3) is 0 Å². The van der Waals surface area contributed by atoms with Crippen molar-refractivity contribution in [2.45, 2.75) is 15.4 Å². The number of thiocarbonyl (C=S) groups is 1. The van der Waals surface area contributed by atoms with Crippen LogP contribution < -0.4 is 10.6 Å². The summed E-state index contributed by atoms with van der Waals surface area (Å²) in [7, 11) is 0. The number of hydrogen-bond donors (Lipinski definition) is 2. The van der Waals surface area contributed by atoms with E-state index in [1.807, 2.05) is 48.5 Å². The molecule has 1 heterocycles. The Labute approximate surface area is 194 Å². The molecule has 0 aliphatic heterocycles. The van der Waals surface area contributed by atoms with Crippen molar-refractivity contribution in [3.63, 3.8) is 0 Å². The van der Waals surface area contributed by atoms with Crippen LogP contribution in [0.25, 0.3) is 10.2 Å². The van der Waals surface area contributed by atoms with E-state index in [0.717, 1.165) is 25.5 Å². The van der Waals surface area contributed by atoms with Crippen LogP contribution >= 0.6 is 46.9 Å². The number of fused-ring (bicyclic) bond motifs is 1. The second kappa shape index (κ2) is 9.04. The van der Waals surface area contributed by atoms with Crippen LogP contribution in [0.1, 0.15) is 5.56 Å². The van der Waals surface area contributed by atoms with Gasteiger partial charge in [-0.3, -0.25) is 0 Å². The quantitative estimate of drug-likeness (QED) is 0.281. The molecular weight excluding hydrogens is 483 g/mol. The maximum Gasteiger partial charge on any atom is 0.417 e. The maximum atomic E-state index is 13.0. The Morgan fingerprint density at radius 1 is 0.968 bits per heavy atom. The number of nitrogens with zero attached hydrogens (tertiary/aromatic N) is 1. The molecule has 0 saturated heterocycles. The first kappa shape index (κ1) is 21.9. The highest BCUT2D eigenvalue weighted by atomic mass is 35.5. The van der Waals surface area contributed by atoms with E-state index in [0.29, 0.717) is 5.69 Å². The Kier molecular flexibility index (Phi) is 6.38. The number of rotatable bonds is 4. The number of anilines is 2. The van der Waals surface area contributed by atoms with E-state index in [4.69, 9.17) is 23.8 Å². The molecule has 158 valence electrons. The molecule has 0 unspecified atom stereocenters. The van der Waals surface area contributed by atoms with Crippen molar-refractivity contribution in [2.24, 2.45) is 0 Å². The minimum Gasteiger partial charge on any atom is -0.332 e. The molecule has 0 spiro atoms. The largest absolute Gasteiger partial charge is 0.417 e. The second-order valence-corrected chi connectivity index (χ2v) is 9.51. The SMILES string of the molecule is FC(F)(F)c1cc(NC(=S)Nc2ccc(Sc3nc4ccccc4s3)cc2)ccc1Cl. The Morgan fingerprint density at radius 3 is 2.35 bits per heavy atom. The molecule has 0 fully saturated rings. The molecule has 0 radical (unpaired) electrons. The smallest absolute Gasteiger partial charge is 0.332 e. The van der Waals surface area contributed by atoms with Crippen LogP contribution in [0.15, 0.2) is 76.0 Å². The fraction of sp³-hybridized carbons (Fsp3) is 0.0476. The third-order valence-corrected chi connectivity index (χ3v) is 6.76. The van der Waals surface area contributed by atoms with Gasteiger partial charge in [-0.1, -0.05) is 35.5 Å². The van der Waals surface area contributed by atoms with Crippen molar-refractivity contribution in [3.05, 3.63) is 77.3 Å². The zero-order valence-corrected chi connectivity index (χ0v) is 18.7. The van der Waals surface area contributed by atoms with Crippen LogP contribution in [0.4, 0.5) is 24.5 Å². The normalized spacial score (nSPS) is 11.5. The molecule has 0 saturated carbocycles. The highest BCUT2D eigenvalue weighted by Gasteiger charge is 2.33. The van der Waals surface area contributed by atoms with Crippen molar-refractivity contribution in [1.29, 1.82) is 0 Å². The van der Waals surface area contributed by atoms with Crippen LogP contribution in [0.2, 0.25) is 5.02 Å². The standard InChI is InChI=1S/C21H13ClF3N3S3/c22-16-10-7-13(11-15(16)21(23,24)25)27-19(29)26-12-5-8-14(9-6-12)30-20-28-17-3-1-2-4-18(17)31-20/h1-11H,(H2,26,27,29). The van der Waals surface area contributed by atoms with Crippen molar-refractivity contribution >= 4 is 73.6 Å². The number of aromatic nitrogens is 1. The molecule has 0 atom stereocenters. The van der Waals surface area contributed by atoms with Crippen LogP contribution in [-0.2, 0) is 6.18 Å². The van der Waals surface area contributed by atoms with E-state index in [2.05, 4.69) is 15.6 Å². The molecule has 10 heteroatoms. The van der Waals surface area contributed by atoms with Gasteiger partial charge in [0.1, 0.15) is 0 Å². The number of halogens is 4. The van der Waals surface area contributed by atoms with Gasteiger partial charge in [-0.25, -0.2) is 4.98 Å². The van der Waals surface area contributed by atoms with Crippen molar-refractivity contribution in [3.8, 4) is 0 Å². The van der Waals surface area contributed by atoms with Gasteiger partial charge in [-0.05, 0) is 66.8 Å². The fourth-order valence-corrected chi connectivity index (χ4v) is 5.22. The highest BCUT2D eigenvalue weighted by molar-refractivity contribution is 8.01. The summed E-state index contributed by atoms with van der Waals surface area (Å²) in [6, 6.07) is 19.0. The van der Waals surface area contributed by atoms with E-state index in [1.54, 1.807) is 23.1 Å². The first-order valence-electron chi connectivity index (χ1n) is 8.86. The summed E-state index contributed by atoms with van der Waals surface area (Å²) in [5.41, 5.74) is 0.951. The van der Waals surface area contributed by atoms with Gasteiger partial charge in [0, 0.05) is 16.3 Å². The van der Waals surface area contributed by atoms with Gasteiger partial charge in [0.15, 0.2) is 9.45 Å². The lowest BCUT2D eigenvalue weighted by Crippen LogP contribution is -2.19. The van der Waals surface area contributed by atoms with Crippen LogP contribution in [0.3, 0.4) is 0 Å². The average molecular weight is 496 g/mol. The lowest BCUT2D eigenvalue weighted by molar-refractivity contribution is -0.137. The zero-order chi connectivity index (χ0) is 22.0. The lowest BCUT2D eigenvalue weighted by Gasteiger charge is -2.14. The van der Waals surface area contributed by atoms with Gasteiger partial charge in [0.05, 0.1) is 20.8 Å². The number of benzene rings is 3. The molecule has 0 amide bonds. The third-order valence-electron chi connectivity index (χ3n) is 4.12.